The van der Waals surface area contributed by atoms with Crippen molar-refractivity contribution in [3.8, 4) is 0 Å². The van der Waals surface area contributed by atoms with E-state index in [4.69, 9.17) is 4.74 Å². The lowest BCUT2D eigenvalue weighted by Crippen LogP contribution is -2.43. The molecule has 1 aromatic rings. The average Bonchev–Trinajstić information content (AvgIpc) is 3.34. The molecule has 1 aliphatic carbocycles. The number of likely N-dealkylation sites (tertiary alicyclic amines) is 1. The summed E-state index contributed by atoms with van der Waals surface area (Å²) in [6.07, 6.45) is 8.14. The SMILES string of the molecule is O=C(C[C@@H]1OC[C@@H]2CN(CC3CC3)CC[C@@H]21)NCc1cccnc1. The first-order chi connectivity index (χ1) is 11.8. The monoisotopic (exact) mass is 329 g/mol. The Balaban J connectivity index is 1.23. The van der Waals surface area contributed by atoms with Crippen molar-refractivity contribution in [2.24, 2.45) is 17.8 Å². The number of hydrogen-bond donors (Lipinski definition) is 1. The van der Waals surface area contributed by atoms with Gasteiger partial charge in [-0.3, -0.25) is 9.78 Å². The van der Waals surface area contributed by atoms with Gasteiger partial charge < -0.3 is 15.0 Å². The average molecular weight is 329 g/mol. The highest BCUT2D eigenvalue weighted by Crippen LogP contribution is 2.37. The molecular weight excluding hydrogens is 302 g/mol. The first kappa shape index (κ1) is 16.0. The van der Waals surface area contributed by atoms with Crippen molar-refractivity contribution in [1.29, 1.82) is 0 Å². The van der Waals surface area contributed by atoms with Crippen LogP contribution in [0.1, 0.15) is 31.2 Å². The van der Waals surface area contributed by atoms with Crippen LogP contribution in [0.4, 0.5) is 0 Å². The summed E-state index contributed by atoms with van der Waals surface area (Å²) in [7, 11) is 0. The summed E-state index contributed by atoms with van der Waals surface area (Å²) < 4.78 is 5.99. The van der Waals surface area contributed by atoms with E-state index in [1.165, 1.54) is 32.4 Å². The highest BCUT2D eigenvalue weighted by atomic mass is 16.5. The minimum Gasteiger partial charge on any atom is -0.377 e. The number of fused-ring (bicyclic) bond motifs is 1. The maximum atomic E-state index is 12.2. The second kappa shape index (κ2) is 7.19. The normalized spacial score (nSPS) is 30.1. The van der Waals surface area contributed by atoms with Crippen LogP contribution < -0.4 is 5.32 Å². The van der Waals surface area contributed by atoms with Crippen molar-refractivity contribution >= 4 is 5.91 Å². The summed E-state index contributed by atoms with van der Waals surface area (Å²) >= 11 is 0. The number of nitrogens with zero attached hydrogens (tertiary/aromatic N) is 2. The third kappa shape index (κ3) is 3.95. The molecule has 1 amide bonds. The predicted octanol–water partition coefficient (Wildman–Crippen LogP) is 1.83. The van der Waals surface area contributed by atoms with Gasteiger partial charge in [0, 0.05) is 37.9 Å². The molecule has 3 fully saturated rings. The van der Waals surface area contributed by atoms with Gasteiger partial charge in [0.2, 0.25) is 5.91 Å². The van der Waals surface area contributed by atoms with Gasteiger partial charge in [-0.2, -0.15) is 0 Å². The van der Waals surface area contributed by atoms with Crippen LogP contribution in [0.3, 0.4) is 0 Å². The largest absolute Gasteiger partial charge is 0.377 e. The molecule has 0 unspecified atom stereocenters. The van der Waals surface area contributed by atoms with E-state index in [1.807, 2.05) is 12.1 Å². The van der Waals surface area contributed by atoms with Crippen LogP contribution in [0, 0.1) is 17.8 Å². The molecule has 2 saturated heterocycles. The molecule has 2 aliphatic heterocycles. The molecule has 3 aliphatic rings. The fraction of sp³-hybridized carbons (Fsp3) is 0.684. The van der Waals surface area contributed by atoms with Gasteiger partial charge in [-0.05, 0) is 49.3 Å². The zero-order chi connectivity index (χ0) is 16.4. The number of carbonyl (C=O) groups is 1. The van der Waals surface area contributed by atoms with Crippen LogP contribution in [0.5, 0.6) is 0 Å². The molecule has 1 aromatic heterocycles. The number of hydrogen-bond acceptors (Lipinski definition) is 4. The molecule has 130 valence electrons. The van der Waals surface area contributed by atoms with Crippen molar-refractivity contribution in [1.82, 2.24) is 15.2 Å². The molecule has 0 radical (unpaired) electrons. The van der Waals surface area contributed by atoms with E-state index in [0.29, 0.717) is 24.8 Å². The molecule has 0 spiro atoms. The van der Waals surface area contributed by atoms with Crippen molar-refractivity contribution < 1.29 is 9.53 Å². The van der Waals surface area contributed by atoms with Crippen LogP contribution in [-0.2, 0) is 16.1 Å². The molecule has 3 heterocycles. The predicted molar refractivity (Wildman–Crippen MR) is 91.2 cm³/mol. The lowest BCUT2D eigenvalue weighted by Gasteiger charge is -2.35. The van der Waals surface area contributed by atoms with E-state index in [0.717, 1.165) is 24.6 Å². The van der Waals surface area contributed by atoms with Crippen molar-refractivity contribution in [3.63, 3.8) is 0 Å². The third-order valence-electron chi connectivity index (χ3n) is 5.69. The molecule has 0 bridgehead atoms. The van der Waals surface area contributed by atoms with Crippen molar-refractivity contribution in [3.05, 3.63) is 30.1 Å². The lowest BCUT2D eigenvalue weighted by molar-refractivity contribution is -0.124. The second-order valence-corrected chi connectivity index (χ2v) is 7.63. The van der Waals surface area contributed by atoms with Gasteiger partial charge in [-0.15, -0.1) is 0 Å². The summed E-state index contributed by atoms with van der Waals surface area (Å²) in [5.41, 5.74) is 1.03. The molecule has 24 heavy (non-hydrogen) atoms. The van der Waals surface area contributed by atoms with Gasteiger partial charge in [-0.1, -0.05) is 6.07 Å². The van der Waals surface area contributed by atoms with E-state index < -0.39 is 0 Å². The Kier molecular flexibility index (Phi) is 4.81. The molecule has 1 saturated carbocycles. The van der Waals surface area contributed by atoms with E-state index >= 15 is 0 Å². The van der Waals surface area contributed by atoms with E-state index in [2.05, 4.69) is 15.2 Å². The number of pyridine rings is 1. The van der Waals surface area contributed by atoms with Gasteiger partial charge in [0.15, 0.2) is 0 Å². The van der Waals surface area contributed by atoms with Crippen LogP contribution >= 0.6 is 0 Å². The van der Waals surface area contributed by atoms with Crippen LogP contribution in [-0.4, -0.2) is 48.1 Å². The Morgan fingerprint density at radius 2 is 2.29 bits per heavy atom. The standard InChI is InChI=1S/C19H27N3O2/c23-19(21-10-15-2-1-6-20-9-15)8-18-17-5-7-22(11-14-3-4-14)12-16(17)13-24-18/h1-2,6,9,14,16-18H,3-5,7-8,10-13H2,(H,21,23)/t16-,17-,18-/m0/s1. The number of nitrogens with one attached hydrogen (secondary N) is 1. The number of carbonyl (C=O) groups excluding carboxylic acids is 1. The maximum absolute atomic E-state index is 12.2. The van der Waals surface area contributed by atoms with Crippen LogP contribution in [0.25, 0.3) is 0 Å². The Morgan fingerprint density at radius 3 is 3.08 bits per heavy atom. The Morgan fingerprint density at radius 1 is 1.38 bits per heavy atom. The minimum atomic E-state index is 0.0879. The smallest absolute Gasteiger partial charge is 0.222 e. The third-order valence-corrected chi connectivity index (χ3v) is 5.69. The van der Waals surface area contributed by atoms with Crippen molar-refractivity contribution in [2.75, 3.05) is 26.2 Å². The Hall–Kier alpha value is -1.46. The lowest BCUT2D eigenvalue weighted by atomic mass is 9.83. The van der Waals surface area contributed by atoms with Gasteiger partial charge in [0.25, 0.3) is 0 Å². The fourth-order valence-corrected chi connectivity index (χ4v) is 4.16. The highest BCUT2D eigenvalue weighted by Gasteiger charge is 2.42. The molecular formula is C19H27N3O2. The number of rotatable bonds is 6. The van der Waals surface area contributed by atoms with Crippen LogP contribution in [0.15, 0.2) is 24.5 Å². The molecule has 0 aromatic carbocycles. The van der Waals surface area contributed by atoms with Gasteiger partial charge in [0.05, 0.1) is 19.1 Å². The molecule has 3 atom stereocenters. The van der Waals surface area contributed by atoms with E-state index in [-0.39, 0.29) is 12.0 Å². The summed E-state index contributed by atoms with van der Waals surface area (Å²) in [5, 5.41) is 3.00. The van der Waals surface area contributed by atoms with Gasteiger partial charge >= 0.3 is 0 Å². The van der Waals surface area contributed by atoms with Crippen molar-refractivity contribution in [2.45, 2.75) is 38.3 Å². The summed E-state index contributed by atoms with van der Waals surface area (Å²) in [4.78, 5) is 18.9. The van der Waals surface area contributed by atoms with E-state index in [9.17, 15) is 4.79 Å². The maximum Gasteiger partial charge on any atom is 0.222 e. The van der Waals surface area contributed by atoms with E-state index in [1.54, 1.807) is 12.4 Å². The highest BCUT2D eigenvalue weighted by molar-refractivity contribution is 5.76. The first-order valence-electron chi connectivity index (χ1n) is 9.27. The first-order valence-corrected chi connectivity index (χ1v) is 9.27. The summed E-state index contributed by atoms with van der Waals surface area (Å²) in [5.74, 6) is 2.22. The Bertz CT molecular complexity index is 561. The van der Waals surface area contributed by atoms with Gasteiger partial charge in [-0.25, -0.2) is 0 Å². The summed E-state index contributed by atoms with van der Waals surface area (Å²) in [6, 6.07) is 3.87. The second-order valence-electron chi connectivity index (χ2n) is 7.63. The number of ether oxygens (including phenoxy) is 1. The zero-order valence-corrected chi connectivity index (χ0v) is 14.2. The summed E-state index contributed by atoms with van der Waals surface area (Å²) in [6.45, 7) is 4.98. The van der Waals surface area contributed by atoms with Gasteiger partial charge in [0.1, 0.15) is 0 Å². The quantitative estimate of drug-likeness (QED) is 0.865. The molecule has 4 rings (SSSR count). The Labute approximate surface area is 143 Å². The zero-order valence-electron chi connectivity index (χ0n) is 14.2. The minimum absolute atomic E-state index is 0.0879. The molecule has 5 nitrogen and oxygen atoms in total. The number of aromatic nitrogens is 1. The molecule has 5 heteroatoms. The fourth-order valence-electron chi connectivity index (χ4n) is 4.16. The topological polar surface area (TPSA) is 54.5 Å². The number of piperidine rings is 1. The van der Waals surface area contributed by atoms with Crippen LogP contribution in [0.2, 0.25) is 0 Å². The molecule has 1 N–H and O–H groups in total. The number of amides is 1.